The van der Waals surface area contributed by atoms with Gasteiger partial charge in [-0.1, -0.05) is 0 Å². The Morgan fingerprint density at radius 2 is 2.22 bits per heavy atom. The van der Waals surface area contributed by atoms with E-state index in [1.165, 1.54) is 11.3 Å². The number of sulfonamides is 1. The number of aliphatic hydroxyl groups excluding tert-OH is 1. The van der Waals surface area contributed by atoms with E-state index in [0.29, 0.717) is 10.6 Å². The van der Waals surface area contributed by atoms with Crippen LogP contribution in [0.4, 0.5) is 0 Å². The van der Waals surface area contributed by atoms with Crippen LogP contribution in [0.15, 0.2) is 14.1 Å². The molecule has 0 saturated heterocycles. The first-order valence-corrected chi connectivity index (χ1v) is 8.94. The Balaban J connectivity index is 2.12. The number of halogens is 1. The summed E-state index contributed by atoms with van der Waals surface area (Å²) in [5, 5.41) is 9.56. The van der Waals surface area contributed by atoms with Crippen molar-refractivity contribution in [1.29, 1.82) is 0 Å². The van der Waals surface area contributed by atoms with Gasteiger partial charge in [-0.2, -0.15) is 0 Å². The Kier molecular flexibility index (Phi) is 4.48. The van der Waals surface area contributed by atoms with E-state index in [4.69, 9.17) is 0 Å². The van der Waals surface area contributed by atoms with Crippen molar-refractivity contribution in [1.82, 2.24) is 4.72 Å². The molecule has 1 fully saturated rings. The molecule has 1 aromatic rings. The number of nitrogens with one attached hydrogen (secondary N) is 1. The van der Waals surface area contributed by atoms with Crippen LogP contribution in [-0.4, -0.2) is 25.7 Å². The number of aliphatic hydroxyl groups is 1. The average molecular weight is 354 g/mol. The third-order valence-corrected chi connectivity index (χ3v) is 7.20. The first-order chi connectivity index (χ1) is 8.38. The Bertz CT molecular complexity index is 507. The zero-order valence-corrected chi connectivity index (χ0v) is 13.2. The van der Waals surface area contributed by atoms with E-state index in [-0.39, 0.29) is 12.1 Å². The van der Waals surface area contributed by atoms with E-state index >= 15 is 0 Å². The minimum absolute atomic E-state index is 0.153. The second-order valence-electron chi connectivity index (χ2n) is 4.66. The Hall–Kier alpha value is 0.0500. The standard InChI is InChI=1S/C11H16BrNO3S2/c1-7-5-10(17-11(7)12)18(15,16)13-8-3-2-4-9(14)6-8/h5,8-9,13-14H,2-4,6H2,1H3. The molecule has 0 radical (unpaired) electrons. The maximum absolute atomic E-state index is 12.2. The molecule has 0 aliphatic heterocycles. The van der Waals surface area contributed by atoms with Gasteiger partial charge in [0.1, 0.15) is 4.21 Å². The van der Waals surface area contributed by atoms with Crippen molar-refractivity contribution in [2.24, 2.45) is 0 Å². The molecule has 0 amide bonds. The summed E-state index contributed by atoms with van der Waals surface area (Å²) in [6.07, 6.45) is 2.54. The van der Waals surface area contributed by atoms with Crippen LogP contribution < -0.4 is 4.72 Å². The fourth-order valence-corrected chi connectivity index (χ4v) is 5.64. The zero-order chi connectivity index (χ0) is 13.3. The molecule has 1 saturated carbocycles. The fourth-order valence-electron chi connectivity index (χ4n) is 2.11. The molecule has 0 spiro atoms. The maximum Gasteiger partial charge on any atom is 0.250 e. The lowest BCUT2D eigenvalue weighted by Gasteiger charge is -2.26. The minimum atomic E-state index is -3.46. The highest BCUT2D eigenvalue weighted by molar-refractivity contribution is 9.11. The normalized spacial score (nSPS) is 25.3. The van der Waals surface area contributed by atoms with Crippen LogP contribution in [-0.2, 0) is 10.0 Å². The minimum Gasteiger partial charge on any atom is -0.393 e. The van der Waals surface area contributed by atoms with Crippen LogP contribution in [0.25, 0.3) is 0 Å². The van der Waals surface area contributed by atoms with E-state index in [1.54, 1.807) is 6.07 Å². The molecule has 7 heteroatoms. The van der Waals surface area contributed by atoms with Crippen molar-refractivity contribution in [2.75, 3.05) is 0 Å². The zero-order valence-electron chi connectivity index (χ0n) is 10.0. The predicted molar refractivity (Wildman–Crippen MR) is 75.3 cm³/mol. The summed E-state index contributed by atoms with van der Waals surface area (Å²) in [5.74, 6) is 0. The number of rotatable bonds is 3. The van der Waals surface area contributed by atoms with Gasteiger partial charge in [-0.25, -0.2) is 13.1 Å². The second kappa shape index (κ2) is 5.58. The lowest BCUT2D eigenvalue weighted by molar-refractivity contribution is 0.117. The van der Waals surface area contributed by atoms with E-state index in [0.717, 1.165) is 28.6 Å². The molecule has 1 aromatic heterocycles. The highest BCUT2D eigenvalue weighted by atomic mass is 79.9. The van der Waals surface area contributed by atoms with Gasteiger partial charge < -0.3 is 5.11 Å². The molecule has 2 rings (SSSR count). The molecule has 0 aromatic carbocycles. The van der Waals surface area contributed by atoms with Crippen molar-refractivity contribution < 1.29 is 13.5 Å². The second-order valence-corrected chi connectivity index (χ2v) is 8.97. The lowest BCUT2D eigenvalue weighted by atomic mass is 9.94. The Morgan fingerprint density at radius 3 is 2.78 bits per heavy atom. The van der Waals surface area contributed by atoms with Gasteiger partial charge in [-0.15, -0.1) is 11.3 Å². The summed E-state index contributed by atoms with van der Waals surface area (Å²) in [6.45, 7) is 1.87. The Morgan fingerprint density at radius 1 is 1.50 bits per heavy atom. The van der Waals surface area contributed by atoms with Crippen LogP contribution in [0.1, 0.15) is 31.2 Å². The van der Waals surface area contributed by atoms with Crippen molar-refractivity contribution in [2.45, 2.75) is 49.0 Å². The van der Waals surface area contributed by atoms with Gasteiger partial charge in [0.2, 0.25) is 10.0 Å². The number of aryl methyl sites for hydroxylation is 1. The molecule has 2 N–H and O–H groups in total. The molecule has 1 heterocycles. The largest absolute Gasteiger partial charge is 0.393 e. The van der Waals surface area contributed by atoms with Gasteiger partial charge in [0, 0.05) is 6.04 Å². The van der Waals surface area contributed by atoms with Crippen molar-refractivity contribution in [3.63, 3.8) is 0 Å². The monoisotopic (exact) mass is 353 g/mol. The summed E-state index contributed by atoms with van der Waals surface area (Å²) >= 11 is 4.54. The van der Waals surface area contributed by atoms with Crippen LogP contribution in [0.2, 0.25) is 0 Å². The molecule has 2 atom stereocenters. The molecule has 0 bridgehead atoms. The van der Waals surface area contributed by atoms with Gasteiger partial charge in [0.05, 0.1) is 9.89 Å². The molecular weight excluding hydrogens is 338 g/mol. The number of hydrogen-bond acceptors (Lipinski definition) is 4. The fraction of sp³-hybridized carbons (Fsp3) is 0.636. The van der Waals surface area contributed by atoms with Crippen LogP contribution in [0.5, 0.6) is 0 Å². The molecule has 1 aliphatic carbocycles. The molecule has 102 valence electrons. The van der Waals surface area contributed by atoms with E-state index in [2.05, 4.69) is 20.7 Å². The highest BCUT2D eigenvalue weighted by Gasteiger charge is 2.26. The van der Waals surface area contributed by atoms with Crippen LogP contribution in [0.3, 0.4) is 0 Å². The number of hydrogen-bond donors (Lipinski definition) is 2. The van der Waals surface area contributed by atoms with Crippen molar-refractivity contribution in [3.05, 3.63) is 15.4 Å². The third-order valence-electron chi connectivity index (χ3n) is 3.07. The van der Waals surface area contributed by atoms with Crippen molar-refractivity contribution in [3.8, 4) is 0 Å². The highest BCUT2D eigenvalue weighted by Crippen LogP contribution is 2.31. The van der Waals surface area contributed by atoms with Crippen molar-refractivity contribution >= 4 is 37.3 Å². The van der Waals surface area contributed by atoms with E-state index in [1.807, 2.05) is 6.92 Å². The summed E-state index contributed by atoms with van der Waals surface area (Å²) in [4.78, 5) is 0. The van der Waals surface area contributed by atoms with Gasteiger partial charge in [0.25, 0.3) is 0 Å². The summed E-state index contributed by atoms with van der Waals surface area (Å²) in [7, 11) is -3.46. The summed E-state index contributed by atoms with van der Waals surface area (Å²) < 4.78 is 28.2. The molecule has 1 aliphatic rings. The van der Waals surface area contributed by atoms with Crippen LogP contribution in [0, 0.1) is 6.92 Å². The first-order valence-electron chi connectivity index (χ1n) is 5.85. The molecule has 18 heavy (non-hydrogen) atoms. The molecular formula is C11H16BrNO3S2. The topological polar surface area (TPSA) is 66.4 Å². The van der Waals surface area contributed by atoms with Crippen LogP contribution >= 0.6 is 27.3 Å². The first kappa shape index (κ1) is 14.5. The van der Waals surface area contributed by atoms with Gasteiger partial charge >= 0.3 is 0 Å². The van der Waals surface area contributed by atoms with Gasteiger partial charge in [-0.05, 0) is 60.2 Å². The van der Waals surface area contributed by atoms with Gasteiger partial charge in [-0.3, -0.25) is 0 Å². The Labute approximate surface area is 120 Å². The number of thiophene rings is 1. The summed E-state index contributed by atoms with van der Waals surface area (Å²) in [5.41, 5.74) is 0.920. The van der Waals surface area contributed by atoms with E-state index in [9.17, 15) is 13.5 Å². The molecule has 4 nitrogen and oxygen atoms in total. The smallest absolute Gasteiger partial charge is 0.250 e. The average Bonchev–Trinajstić information content (AvgIpc) is 2.59. The quantitative estimate of drug-likeness (QED) is 0.876. The van der Waals surface area contributed by atoms with Gasteiger partial charge in [0.15, 0.2) is 0 Å². The maximum atomic E-state index is 12.2. The van der Waals surface area contributed by atoms with E-state index < -0.39 is 10.0 Å². The SMILES string of the molecule is Cc1cc(S(=O)(=O)NC2CCCC(O)C2)sc1Br. The predicted octanol–water partition coefficient (Wildman–Crippen LogP) is 2.40. The lowest BCUT2D eigenvalue weighted by Crippen LogP contribution is -2.39. The summed E-state index contributed by atoms with van der Waals surface area (Å²) in [6, 6.07) is 1.51. The third kappa shape index (κ3) is 3.33. The molecule has 2 unspecified atom stereocenters.